The van der Waals surface area contributed by atoms with E-state index in [1.807, 2.05) is 6.92 Å². The molecule has 1 unspecified atom stereocenters. The minimum absolute atomic E-state index is 0.139. The number of nitrogens with one attached hydrogen (secondary N) is 1. The molecule has 0 saturated carbocycles. The third kappa shape index (κ3) is 4.24. The number of primary amides is 1. The Morgan fingerprint density at radius 1 is 1.40 bits per heavy atom. The maximum absolute atomic E-state index is 12.0. The largest absolute Gasteiger partial charge is 0.495 e. The number of amides is 2. The molecule has 5 N–H and O–H groups in total. The Balaban J connectivity index is 2.86. The predicted octanol–water partition coefficient (Wildman–Crippen LogP) is 1.11. The molecule has 0 fully saturated rings. The fourth-order valence-corrected chi connectivity index (χ4v) is 1.82. The molecule has 6 nitrogen and oxygen atoms in total. The maximum atomic E-state index is 12.0. The molecule has 0 saturated heterocycles. The van der Waals surface area contributed by atoms with Gasteiger partial charge < -0.3 is 21.5 Å². The van der Waals surface area contributed by atoms with E-state index in [9.17, 15) is 9.59 Å². The zero-order valence-electron chi connectivity index (χ0n) is 11.8. The molecule has 6 heteroatoms. The Kier molecular flexibility index (Phi) is 5.99. The van der Waals surface area contributed by atoms with Crippen LogP contribution in [0.4, 0.5) is 5.69 Å². The standard InChI is InChI=1S/C14H21N3O3/c1-3-9(8-15)6-13(18)17-11-7-10(14(16)19)4-5-12(11)20-2/h4-5,7,9H,3,6,8,15H2,1-2H3,(H2,16,19)(H,17,18). The SMILES string of the molecule is CCC(CN)CC(=O)Nc1cc(C(N)=O)ccc1OC. The summed E-state index contributed by atoms with van der Waals surface area (Å²) in [6, 6.07) is 4.64. The Morgan fingerprint density at radius 2 is 2.10 bits per heavy atom. The van der Waals surface area contributed by atoms with E-state index in [0.717, 1.165) is 6.42 Å². The van der Waals surface area contributed by atoms with Crippen molar-refractivity contribution in [1.82, 2.24) is 0 Å². The highest BCUT2D eigenvalue weighted by Gasteiger charge is 2.14. The van der Waals surface area contributed by atoms with E-state index in [1.165, 1.54) is 13.2 Å². The molecular formula is C14H21N3O3. The fraction of sp³-hybridized carbons (Fsp3) is 0.429. The normalized spacial score (nSPS) is 11.8. The second kappa shape index (κ2) is 7.49. The first kappa shape index (κ1) is 16.0. The van der Waals surface area contributed by atoms with Crippen molar-refractivity contribution in [2.75, 3.05) is 19.0 Å². The Morgan fingerprint density at radius 3 is 2.60 bits per heavy atom. The Labute approximate surface area is 118 Å². The Hall–Kier alpha value is -2.08. The number of ether oxygens (including phenoxy) is 1. The van der Waals surface area contributed by atoms with Crippen molar-refractivity contribution in [2.45, 2.75) is 19.8 Å². The first-order valence-corrected chi connectivity index (χ1v) is 6.49. The van der Waals surface area contributed by atoms with Gasteiger partial charge in [0.25, 0.3) is 0 Å². The molecular weight excluding hydrogens is 258 g/mol. The summed E-state index contributed by atoms with van der Waals surface area (Å²) in [5.74, 6) is -0.108. The van der Waals surface area contributed by atoms with E-state index in [-0.39, 0.29) is 11.8 Å². The molecule has 2 amide bonds. The molecule has 1 aromatic carbocycles. The van der Waals surface area contributed by atoms with E-state index in [4.69, 9.17) is 16.2 Å². The third-order valence-corrected chi connectivity index (χ3v) is 3.14. The number of carbonyl (C=O) groups is 2. The number of nitrogens with two attached hydrogens (primary N) is 2. The van der Waals surface area contributed by atoms with Gasteiger partial charge in [-0.25, -0.2) is 0 Å². The molecule has 20 heavy (non-hydrogen) atoms. The lowest BCUT2D eigenvalue weighted by Crippen LogP contribution is -2.22. The summed E-state index contributed by atoms with van der Waals surface area (Å²) < 4.78 is 5.15. The molecule has 1 rings (SSSR count). The zero-order valence-corrected chi connectivity index (χ0v) is 11.8. The molecule has 0 aliphatic rings. The van der Waals surface area contributed by atoms with Gasteiger partial charge in [0.1, 0.15) is 5.75 Å². The predicted molar refractivity (Wildman–Crippen MR) is 77.6 cm³/mol. The number of benzene rings is 1. The first-order chi connectivity index (χ1) is 9.51. The molecule has 0 aliphatic heterocycles. The highest BCUT2D eigenvalue weighted by Crippen LogP contribution is 2.26. The number of hydrogen-bond acceptors (Lipinski definition) is 4. The van der Waals surface area contributed by atoms with Crippen LogP contribution in [0.5, 0.6) is 5.75 Å². The summed E-state index contributed by atoms with van der Waals surface area (Å²) >= 11 is 0. The molecule has 110 valence electrons. The molecule has 0 aliphatic carbocycles. The van der Waals surface area contributed by atoms with Gasteiger partial charge >= 0.3 is 0 Å². The summed E-state index contributed by atoms with van der Waals surface area (Å²) in [7, 11) is 1.49. The van der Waals surface area contributed by atoms with Crippen molar-refractivity contribution in [1.29, 1.82) is 0 Å². The van der Waals surface area contributed by atoms with Crippen molar-refractivity contribution in [3.63, 3.8) is 0 Å². The zero-order chi connectivity index (χ0) is 15.1. The van der Waals surface area contributed by atoms with Crippen molar-refractivity contribution in [3.05, 3.63) is 23.8 Å². The van der Waals surface area contributed by atoms with Gasteiger partial charge in [0.05, 0.1) is 12.8 Å². The highest BCUT2D eigenvalue weighted by atomic mass is 16.5. The molecule has 0 heterocycles. The van der Waals surface area contributed by atoms with E-state index >= 15 is 0 Å². The molecule has 0 bridgehead atoms. The van der Waals surface area contributed by atoms with Crippen LogP contribution in [0.1, 0.15) is 30.1 Å². The average molecular weight is 279 g/mol. The smallest absolute Gasteiger partial charge is 0.248 e. The third-order valence-electron chi connectivity index (χ3n) is 3.14. The molecule has 1 atom stereocenters. The van der Waals surface area contributed by atoms with E-state index < -0.39 is 5.91 Å². The minimum atomic E-state index is -0.559. The van der Waals surface area contributed by atoms with E-state index in [0.29, 0.717) is 30.0 Å². The lowest BCUT2D eigenvalue weighted by atomic mass is 10.0. The quantitative estimate of drug-likeness (QED) is 0.694. The molecule has 1 aromatic rings. The highest BCUT2D eigenvalue weighted by molar-refractivity contribution is 5.97. The number of hydrogen-bond donors (Lipinski definition) is 3. The molecule has 0 aromatic heterocycles. The number of carbonyl (C=O) groups excluding carboxylic acids is 2. The van der Waals surface area contributed by atoms with Gasteiger partial charge in [-0.05, 0) is 30.7 Å². The lowest BCUT2D eigenvalue weighted by molar-refractivity contribution is -0.117. The van der Waals surface area contributed by atoms with Crippen LogP contribution in [-0.2, 0) is 4.79 Å². The van der Waals surface area contributed by atoms with Crippen LogP contribution >= 0.6 is 0 Å². The van der Waals surface area contributed by atoms with Crippen molar-refractivity contribution < 1.29 is 14.3 Å². The second-order valence-electron chi connectivity index (χ2n) is 4.54. The number of rotatable bonds is 7. The van der Waals surface area contributed by atoms with Crippen molar-refractivity contribution >= 4 is 17.5 Å². The van der Waals surface area contributed by atoms with Crippen LogP contribution in [0, 0.1) is 5.92 Å². The van der Waals surface area contributed by atoms with Gasteiger partial charge in [0.2, 0.25) is 11.8 Å². The van der Waals surface area contributed by atoms with Gasteiger partial charge in [-0.1, -0.05) is 13.3 Å². The first-order valence-electron chi connectivity index (χ1n) is 6.49. The summed E-state index contributed by atoms with van der Waals surface area (Å²) in [5, 5.41) is 2.73. The van der Waals surface area contributed by atoms with Gasteiger partial charge in [-0.15, -0.1) is 0 Å². The summed E-state index contributed by atoms with van der Waals surface area (Å²) in [4.78, 5) is 23.1. The topological polar surface area (TPSA) is 107 Å². The van der Waals surface area contributed by atoms with Crippen LogP contribution in [0.2, 0.25) is 0 Å². The summed E-state index contributed by atoms with van der Waals surface area (Å²) in [6.07, 6.45) is 1.17. The fourth-order valence-electron chi connectivity index (χ4n) is 1.82. The van der Waals surface area contributed by atoms with Crippen LogP contribution in [0.15, 0.2) is 18.2 Å². The molecule has 0 radical (unpaired) electrons. The van der Waals surface area contributed by atoms with Crippen molar-refractivity contribution in [3.8, 4) is 5.75 Å². The van der Waals surface area contributed by atoms with E-state index in [2.05, 4.69) is 5.32 Å². The Bertz CT molecular complexity index is 485. The van der Waals surface area contributed by atoms with Crippen molar-refractivity contribution in [2.24, 2.45) is 17.4 Å². The second-order valence-corrected chi connectivity index (χ2v) is 4.54. The van der Waals surface area contributed by atoms with Crippen LogP contribution in [-0.4, -0.2) is 25.5 Å². The minimum Gasteiger partial charge on any atom is -0.495 e. The number of methoxy groups -OCH3 is 1. The summed E-state index contributed by atoms with van der Waals surface area (Å²) in [5.41, 5.74) is 11.5. The van der Waals surface area contributed by atoms with Gasteiger partial charge in [-0.3, -0.25) is 9.59 Å². The summed E-state index contributed by atoms with van der Waals surface area (Å²) in [6.45, 7) is 2.45. The van der Waals surface area contributed by atoms with Gasteiger partial charge in [0, 0.05) is 12.0 Å². The molecule has 0 spiro atoms. The average Bonchev–Trinajstić information content (AvgIpc) is 2.44. The van der Waals surface area contributed by atoms with E-state index in [1.54, 1.807) is 12.1 Å². The monoisotopic (exact) mass is 279 g/mol. The van der Waals surface area contributed by atoms with Crippen LogP contribution in [0.3, 0.4) is 0 Å². The lowest BCUT2D eigenvalue weighted by Gasteiger charge is -2.14. The van der Waals surface area contributed by atoms with Crippen LogP contribution < -0.4 is 21.5 Å². The number of anilines is 1. The van der Waals surface area contributed by atoms with Crippen LogP contribution in [0.25, 0.3) is 0 Å². The maximum Gasteiger partial charge on any atom is 0.248 e. The van der Waals surface area contributed by atoms with Gasteiger partial charge in [0.15, 0.2) is 0 Å². The van der Waals surface area contributed by atoms with Gasteiger partial charge in [-0.2, -0.15) is 0 Å².